The highest BCUT2D eigenvalue weighted by molar-refractivity contribution is 7.10. The molecule has 0 saturated carbocycles. The van der Waals surface area contributed by atoms with E-state index in [1.807, 2.05) is 11.3 Å². The summed E-state index contributed by atoms with van der Waals surface area (Å²) in [6.45, 7) is 4.95. The molecule has 76 valence electrons. The lowest BCUT2D eigenvalue weighted by Crippen LogP contribution is -2.33. The highest BCUT2D eigenvalue weighted by atomic mass is 32.1. The fraction of sp³-hybridized carbons (Fsp3) is 0.500. The van der Waals surface area contributed by atoms with Crippen molar-refractivity contribution in [3.63, 3.8) is 0 Å². The van der Waals surface area contributed by atoms with Crippen LogP contribution < -0.4 is 10.6 Å². The zero-order valence-electron chi connectivity index (χ0n) is 8.34. The molecule has 0 radical (unpaired) electrons. The third kappa shape index (κ3) is 2.07. The summed E-state index contributed by atoms with van der Waals surface area (Å²) in [4.78, 5) is 5.71. The SMILES string of the molecule is CCc1ccsc1CNC1=NCCN1. The molecule has 2 rings (SSSR count). The average molecular weight is 209 g/mol. The van der Waals surface area contributed by atoms with Crippen LogP contribution in [-0.2, 0) is 13.0 Å². The molecule has 0 aliphatic carbocycles. The first-order chi connectivity index (χ1) is 6.90. The minimum absolute atomic E-state index is 0.896. The molecule has 2 heterocycles. The van der Waals surface area contributed by atoms with Crippen molar-refractivity contribution < 1.29 is 0 Å². The molecule has 1 aromatic heterocycles. The predicted octanol–water partition coefficient (Wildman–Crippen LogP) is 1.36. The van der Waals surface area contributed by atoms with Gasteiger partial charge in [-0.2, -0.15) is 0 Å². The first-order valence-corrected chi connectivity index (χ1v) is 5.85. The van der Waals surface area contributed by atoms with Crippen LogP contribution in [0.4, 0.5) is 0 Å². The van der Waals surface area contributed by atoms with E-state index in [-0.39, 0.29) is 0 Å². The molecule has 4 heteroatoms. The normalized spacial score (nSPS) is 15.1. The van der Waals surface area contributed by atoms with E-state index in [2.05, 4.69) is 34.0 Å². The van der Waals surface area contributed by atoms with Crippen LogP contribution in [0.1, 0.15) is 17.4 Å². The summed E-state index contributed by atoms with van der Waals surface area (Å²) in [7, 11) is 0. The number of aliphatic imine (C=N–C) groups is 1. The molecule has 0 spiro atoms. The summed E-state index contributed by atoms with van der Waals surface area (Å²) < 4.78 is 0. The lowest BCUT2D eigenvalue weighted by molar-refractivity contribution is 0.869. The standard InChI is InChI=1S/C10H15N3S/c1-2-8-3-6-14-9(8)7-13-10-11-4-5-12-10/h3,6H,2,4-5,7H2,1H3,(H2,11,12,13). The summed E-state index contributed by atoms with van der Waals surface area (Å²) >= 11 is 1.81. The number of thiophene rings is 1. The zero-order chi connectivity index (χ0) is 9.80. The van der Waals surface area contributed by atoms with E-state index in [1.165, 1.54) is 10.4 Å². The minimum atomic E-state index is 0.896. The van der Waals surface area contributed by atoms with Crippen LogP contribution in [-0.4, -0.2) is 19.0 Å². The minimum Gasteiger partial charge on any atom is -0.355 e. The van der Waals surface area contributed by atoms with Gasteiger partial charge >= 0.3 is 0 Å². The fourth-order valence-corrected chi connectivity index (χ4v) is 2.43. The second-order valence-corrected chi connectivity index (χ2v) is 4.23. The molecular formula is C10H15N3S. The number of hydrogen-bond acceptors (Lipinski definition) is 4. The van der Waals surface area contributed by atoms with Crippen LogP contribution in [0.3, 0.4) is 0 Å². The number of nitrogens with zero attached hydrogens (tertiary/aromatic N) is 1. The molecular weight excluding hydrogens is 194 g/mol. The van der Waals surface area contributed by atoms with Gasteiger partial charge in [0.1, 0.15) is 0 Å². The summed E-state index contributed by atoms with van der Waals surface area (Å²) in [6.07, 6.45) is 1.11. The molecule has 0 saturated heterocycles. The summed E-state index contributed by atoms with van der Waals surface area (Å²) in [6, 6.07) is 2.20. The fourth-order valence-electron chi connectivity index (χ4n) is 1.52. The monoisotopic (exact) mass is 209 g/mol. The lowest BCUT2D eigenvalue weighted by Gasteiger charge is -2.06. The van der Waals surface area contributed by atoms with E-state index in [0.717, 1.165) is 32.0 Å². The van der Waals surface area contributed by atoms with Crippen molar-refractivity contribution in [2.24, 2.45) is 4.99 Å². The molecule has 2 N–H and O–H groups in total. The van der Waals surface area contributed by atoms with Gasteiger partial charge in [0, 0.05) is 11.4 Å². The van der Waals surface area contributed by atoms with Gasteiger partial charge in [0.2, 0.25) is 0 Å². The van der Waals surface area contributed by atoms with Gasteiger partial charge in [-0.1, -0.05) is 6.92 Å². The number of aryl methyl sites for hydroxylation is 1. The molecule has 3 nitrogen and oxygen atoms in total. The van der Waals surface area contributed by atoms with Gasteiger partial charge in [0.05, 0.1) is 13.1 Å². The van der Waals surface area contributed by atoms with Gasteiger partial charge < -0.3 is 10.6 Å². The quantitative estimate of drug-likeness (QED) is 0.788. The zero-order valence-corrected chi connectivity index (χ0v) is 9.16. The Balaban J connectivity index is 1.91. The van der Waals surface area contributed by atoms with Crippen molar-refractivity contribution in [3.05, 3.63) is 21.9 Å². The Kier molecular flexibility index (Phi) is 3.03. The predicted molar refractivity (Wildman–Crippen MR) is 60.8 cm³/mol. The molecule has 0 unspecified atom stereocenters. The highest BCUT2D eigenvalue weighted by Gasteiger charge is 2.06. The Hall–Kier alpha value is -1.03. The molecule has 1 aromatic rings. The Morgan fingerprint density at radius 3 is 3.29 bits per heavy atom. The van der Waals surface area contributed by atoms with Gasteiger partial charge in [0.15, 0.2) is 5.96 Å². The highest BCUT2D eigenvalue weighted by Crippen LogP contribution is 2.16. The molecule has 0 amide bonds. The van der Waals surface area contributed by atoms with Gasteiger partial charge in [-0.15, -0.1) is 11.3 Å². The molecule has 1 aliphatic heterocycles. The number of guanidine groups is 1. The average Bonchev–Trinajstić information content (AvgIpc) is 2.85. The Bertz CT molecular complexity index is 330. The van der Waals surface area contributed by atoms with E-state index in [1.54, 1.807) is 0 Å². The largest absolute Gasteiger partial charge is 0.355 e. The first kappa shape index (κ1) is 9.52. The first-order valence-electron chi connectivity index (χ1n) is 4.97. The maximum absolute atomic E-state index is 4.29. The maximum Gasteiger partial charge on any atom is 0.191 e. The van der Waals surface area contributed by atoms with E-state index in [4.69, 9.17) is 0 Å². The smallest absolute Gasteiger partial charge is 0.191 e. The summed E-state index contributed by atoms with van der Waals surface area (Å²) in [5.74, 6) is 0.945. The molecule has 14 heavy (non-hydrogen) atoms. The van der Waals surface area contributed by atoms with Crippen LogP contribution in [0, 0.1) is 0 Å². The van der Waals surface area contributed by atoms with Crippen LogP contribution in [0.2, 0.25) is 0 Å². The van der Waals surface area contributed by atoms with Crippen molar-refractivity contribution in [2.75, 3.05) is 13.1 Å². The van der Waals surface area contributed by atoms with E-state index < -0.39 is 0 Å². The van der Waals surface area contributed by atoms with E-state index in [0.29, 0.717) is 0 Å². The third-order valence-electron chi connectivity index (χ3n) is 2.31. The lowest BCUT2D eigenvalue weighted by atomic mass is 10.2. The van der Waals surface area contributed by atoms with Crippen LogP contribution >= 0.6 is 11.3 Å². The van der Waals surface area contributed by atoms with Crippen molar-refractivity contribution in [1.82, 2.24) is 10.6 Å². The molecule has 0 bridgehead atoms. The molecule has 0 atom stereocenters. The van der Waals surface area contributed by atoms with Gasteiger partial charge in [-0.25, -0.2) is 0 Å². The van der Waals surface area contributed by atoms with Gasteiger partial charge in [-0.05, 0) is 23.4 Å². The van der Waals surface area contributed by atoms with Crippen LogP contribution in [0.5, 0.6) is 0 Å². The Morgan fingerprint density at radius 1 is 1.64 bits per heavy atom. The topological polar surface area (TPSA) is 36.4 Å². The third-order valence-corrected chi connectivity index (χ3v) is 3.27. The van der Waals surface area contributed by atoms with Crippen molar-refractivity contribution >= 4 is 17.3 Å². The van der Waals surface area contributed by atoms with Crippen LogP contribution in [0.15, 0.2) is 16.4 Å². The van der Waals surface area contributed by atoms with Crippen molar-refractivity contribution in [2.45, 2.75) is 19.9 Å². The number of rotatable bonds is 3. The number of hydrogen-bond donors (Lipinski definition) is 2. The Labute approximate surface area is 88.3 Å². The van der Waals surface area contributed by atoms with Crippen molar-refractivity contribution in [3.8, 4) is 0 Å². The van der Waals surface area contributed by atoms with Gasteiger partial charge in [-0.3, -0.25) is 4.99 Å². The summed E-state index contributed by atoms with van der Waals surface area (Å²) in [5, 5.41) is 8.66. The van der Waals surface area contributed by atoms with Crippen LogP contribution in [0.25, 0.3) is 0 Å². The van der Waals surface area contributed by atoms with Crippen molar-refractivity contribution in [1.29, 1.82) is 0 Å². The second-order valence-electron chi connectivity index (χ2n) is 3.23. The molecule has 0 aromatic carbocycles. The van der Waals surface area contributed by atoms with E-state index >= 15 is 0 Å². The Morgan fingerprint density at radius 2 is 2.57 bits per heavy atom. The number of nitrogens with one attached hydrogen (secondary N) is 2. The van der Waals surface area contributed by atoms with E-state index in [9.17, 15) is 0 Å². The molecule has 0 fully saturated rings. The summed E-state index contributed by atoms with van der Waals surface area (Å²) in [5.41, 5.74) is 1.45. The van der Waals surface area contributed by atoms with Gasteiger partial charge in [0.25, 0.3) is 0 Å². The maximum atomic E-state index is 4.29. The molecule has 1 aliphatic rings. The second kappa shape index (κ2) is 4.46.